The topological polar surface area (TPSA) is 9.23 Å². The quantitative estimate of drug-likeness (QED) is 0.748. The minimum absolute atomic E-state index is 0.110. The molecule has 1 aromatic carbocycles. The molecule has 1 aliphatic rings. The van der Waals surface area contributed by atoms with Crippen molar-refractivity contribution in [1.82, 2.24) is 0 Å². The maximum atomic E-state index is 13.5. The first-order valence-corrected chi connectivity index (χ1v) is 6.80. The van der Waals surface area contributed by atoms with Gasteiger partial charge < -0.3 is 4.74 Å². The summed E-state index contributed by atoms with van der Waals surface area (Å²) in [5.41, 5.74) is 0.189. The molecule has 88 valence electrons. The number of benzene rings is 1. The summed E-state index contributed by atoms with van der Waals surface area (Å²) in [6.07, 6.45) is 3.51. The van der Waals surface area contributed by atoms with Crippen LogP contribution in [-0.4, -0.2) is 11.9 Å². The van der Waals surface area contributed by atoms with Crippen molar-refractivity contribution in [3.8, 4) is 5.75 Å². The van der Waals surface area contributed by atoms with E-state index in [1.165, 1.54) is 12.5 Å². The Morgan fingerprint density at radius 1 is 1.44 bits per heavy atom. The highest BCUT2D eigenvalue weighted by atomic mass is 79.9. The highest BCUT2D eigenvalue weighted by Gasteiger charge is 2.36. The van der Waals surface area contributed by atoms with Gasteiger partial charge in [-0.15, -0.1) is 0 Å². The van der Waals surface area contributed by atoms with Gasteiger partial charge in [-0.2, -0.15) is 0 Å². The van der Waals surface area contributed by atoms with Crippen LogP contribution in [0.5, 0.6) is 5.75 Å². The Morgan fingerprint density at radius 3 is 2.75 bits per heavy atom. The predicted octanol–water partition coefficient (Wildman–Crippen LogP) is 4.42. The van der Waals surface area contributed by atoms with E-state index in [9.17, 15) is 4.39 Å². The van der Waals surface area contributed by atoms with Crippen LogP contribution >= 0.6 is 27.5 Å². The second-order valence-corrected chi connectivity index (χ2v) is 5.30. The smallest absolute Gasteiger partial charge is 0.183 e. The fraction of sp³-hybridized carbons (Fsp3) is 0.500. The van der Waals surface area contributed by atoms with Crippen LogP contribution < -0.4 is 4.74 Å². The standard InChI is InChI=1S/C12H13BrClFO/c13-7-12(5-2-6-12)8-16-10-4-1-3-9(14)11(10)15/h1,3-4H,2,5-8H2. The van der Waals surface area contributed by atoms with Gasteiger partial charge in [0.2, 0.25) is 0 Å². The van der Waals surface area contributed by atoms with Crippen LogP contribution in [0.3, 0.4) is 0 Å². The zero-order valence-corrected chi connectivity index (χ0v) is 11.2. The molecular weight excluding hydrogens is 294 g/mol. The van der Waals surface area contributed by atoms with E-state index in [4.69, 9.17) is 16.3 Å². The molecule has 0 radical (unpaired) electrons. The molecular formula is C12H13BrClFO. The zero-order valence-electron chi connectivity index (χ0n) is 8.81. The molecule has 2 rings (SSSR count). The van der Waals surface area contributed by atoms with Crippen molar-refractivity contribution in [3.63, 3.8) is 0 Å². The average Bonchev–Trinajstić information content (AvgIpc) is 2.23. The number of ether oxygens (including phenoxy) is 1. The molecule has 1 aromatic rings. The Morgan fingerprint density at radius 2 is 2.19 bits per heavy atom. The van der Waals surface area contributed by atoms with Crippen molar-refractivity contribution < 1.29 is 9.13 Å². The van der Waals surface area contributed by atoms with Gasteiger partial charge in [0.05, 0.1) is 11.6 Å². The van der Waals surface area contributed by atoms with E-state index in [0.29, 0.717) is 6.61 Å². The normalized spacial score (nSPS) is 17.9. The highest BCUT2D eigenvalue weighted by Crippen LogP contribution is 2.42. The van der Waals surface area contributed by atoms with Gasteiger partial charge in [-0.05, 0) is 25.0 Å². The summed E-state index contributed by atoms with van der Waals surface area (Å²) in [4.78, 5) is 0. The summed E-state index contributed by atoms with van der Waals surface area (Å²) in [6.45, 7) is 0.551. The second-order valence-electron chi connectivity index (χ2n) is 4.33. The van der Waals surface area contributed by atoms with Crippen LogP contribution in [0.1, 0.15) is 19.3 Å². The molecule has 1 saturated carbocycles. The van der Waals surface area contributed by atoms with E-state index in [0.717, 1.165) is 18.2 Å². The Bertz CT molecular complexity index is 374. The lowest BCUT2D eigenvalue weighted by Crippen LogP contribution is -2.37. The molecule has 1 fully saturated rings. The number of halogens is 3. The first-order chi connectivity index (χ1) is 7.67. The van der Waals surface area contributed by atoms with Crippen molar-refractivity contribution in [2.45, 2.75) is 19.3 Å². The van der Waals surface area contributed by atoms with Crippen molar-refractivity contribution in [2.24, 2.45) is 5.41 Å². The van der Waals surface area contributed by atoms with E-state index < -0.39 is 5.82 Å². The van der Waals surface area contributed by atoms with Gasteiger partial charge in [0.25, 0.3) is 0 Å². The third-order valence-electron chi connectivity index (χ3n) is 3.15. The van der Waals surface area contributed by atoms with Crippen LogP contribution in [0.4, 0.5) is 4.39 Å². The summed E-state index contributed by atoms with van der Waals surface area (Å²) in [5, 5.41) is 1.02. The van der Waals surface area contributed by atoms with Gasteiger partial charge in [-0.1, -0.05) is 40.0 Å². The monoisotopic (exact) mass is 306 g/mol. The van der Waals surface area contributed by atoms with Crippen molar-refractivity contribution in [2.75, 3.05) is 11.9 Å². The third kappa shape index (κ3) is 2.35. The Hall–Kier alpha value is -0.280. The molecule has 0 amide bonds. The van der Waals surface area contributed by atoms with Crippen molar-refractivity contribution in [1.29, 1.82) is 0 Å². The van der Waals surface area contributed by atoms with E-state index in [-0.39, 0.29) is 16.2 Å². The van der Waals surface area contributed by atoms with Gasteiger partial charge >= 0.3 is 0 Å². The lowest BCUT2D eigenvalue weighted by Gasteiger charge is -2.39. The van der Waals surface area contributed by atoms with E-state index in [1.54, 1.807) is 12.1 Å². The Kier molecular flexibility index (Phi) is 3.75. The molecule has 1 nitrogen and oxygen atoms in total. The lowest BCUT2D eigenvalue weighted by atomic mass is 9.71. The van der Waals surface area contributed by atoms with Gasteiger partial charge in [0.15, 0.2) is 11.6 Å². The molecule has 0 aromatic heterocycles. The summed E-state index contributed by atoms with van der Waals surface area (Å²) in [6, 6.07) is 4.83. The summed E-state index contributed by atoms with van der Waals surface area (Å²) in [7, 11) is 0. The van der Waals surface area contributed by atoms with Crippen LogP contribution in [0.25, 0.3) is 0 Å². The predicted molar refractivity (Wildman–Crippen MR) is 67.0 cm³/mol. The van der Waals surface area contributed by atoms with E-state index in [1.807, 2.05) is 0 Å². The summed E-state index contributed by atoms with van der Waals surface area (Å²) in [5.74, 6) is -0.215. The molecule has 1 aliphatic carbocycles. The third-order valence-corrected chi connectivity index (χ3v) is 4.63. The maximum absolute atomic E-state index is 13.5. The van der Waals surface area contributed by atoms with Crippen molar-refractivity contribution >= 4 is 27.5 Å². The lowest BCUT2D eigenvalue weighted by molar-refractivity contribution is 0.0814. The molecule has 0 N–H and O–H groups in total. The number of alkyl halides is 1. The van der Waals surface area contributed by atoms with Crippen LogP contribution in [0.15, 0.2) is 18.2 Å². The molecule has 4 heteroatoms. The van der Waals surface area contributed by atoms with E-state index in [2.05, 4.69) is 15.9 Å². The maximum Gasteiger partial charge on any atom is 0.183 e. The number of hydrogen-bond donors (Lipinski definition) is 0. The summed E-state index contributed by atoms with van der Waals surface area (Å²) < 4.78 is 19.1. The number of hydrogen-bond acceptors (Lipinski definition) is 1. The molecule has 0 bridgehead atoms. The Balaban J connectivity index is 2.02. The van der Waals surface area contributed by atoms with E-state index >= 15 is 0 Å². The fourth-order valence-corrected chi connectivity index (χ4v) is 2.71. The minimum atomic E-state index is -0.465. The van der Waals surface area contributed by atoms with Gasteiger partial charge in [0.1, 0.15) is 0 Å². The minimum Gasteiger partial charge on any atom is -0.490 e. The van der Waals surface area contributed by atoms with Crippen LogP contribution in [0, 0.1) is 11.2 Å². The molecule has 0 spiro atoms. The largest absolute Gasteiger partial charge is 0.490 e. The van der Waals surface area contributed by atoms with Gasteiger partial charge in [-0.25, -0.2) is 4.39 Å². The SMILES string of the molecule is Fc1c(Cl)cccc1OCC1(CBr)CCC1. The first-order valence-electron chi connectivity index (χ1n) is 5.30. The van der Waals surface area contributed by atoms with Gasteiger partial charge in [-0.3, -0.25) is 0 Å². The fourth-order valence-electron chi connectivity index (χ4n) is 1.82. The zero-order chi connectivity index (χ0) is 11.6. The Labute approximate surface area is 108 Å². The first kappa shape index (κ1) is 12.2. The molecule has 0 aliphatic heterocycles. The number of rotatable bonds is 4. The van der Waals surface area contributed by atoms with Crippen molar-refractivity contribution in [3.05, 3.63) is 29.0 Å². The highest BCUT2D eigenvalue weighted by molar-refractivity contribution is 9.09. The van der Waals surface area contributed by atoms with Crippen LogP contribution in [0.2, 0.25) is 5.02 Å². The van der Waals surface area contributed by atoms with Gasteiger partial charge in [0, 0.05) is 10.7 Å². The molecule has 16 heavy (non-hydrogen) atoms. The second kappa shape index (κ2) is 4.92. The molecule has 0 atom stereocenters. The summed E-state index contributed by atoms with van der Waals surface area (Å²) >= 11 is 9.17. The molecule has 0 saturated heterocycles. The molecule has 0 unspecified atom stereocenters. The molecule has 0 heterocycles. The average molecular weight is 308 g/mol. The van der Waals surface area contributed by atoms with Crippen LogP contribution in [-0.2, 0) is 0 Å².